The second-order valence-corrected chi connectivity index (χ2v) is 7.19. The Morgan fingerprint density at radius 2 is 2.06 bits per heavy atom. The summed E-state index contributed by atoms with van der Waals surface area (Å²) < 4.78 is 25.8. The molecule has 0 fully saturated rings. The van der Waals surface area contributed by atoms with Crippen LogP contribution in [-0.2, 0) is 16.4 Å². The minimum Gasteiger partial charge on any atom is -0.381 e. The summed E-state index contributed by atoms with van der Waals surface area (Å²) in [5, 5.41) is 3.32. The van der Waals surface area contributed by atoms with Crippen LogP contribution in [-0.4, -0.2) is 26.8 Å². The van der Waals surface area contributed by atoms with Gasteiger partial charge in [0, 0.05) is 6.54 Å². The van der Waals surface area contributed by atoms with Crippen molar-refractivity contribution in [1.82, 2.24) is 0 Å². The van der Waals surface area contributed by atoms with Gasteiger partial charge < -0.3 is 5.32 Å². The molecule has 1 aliphatic heterocycles. The number of hydrogen-bond acceptors (Lipinski definition) is 3. The van der Waals surface area contributed by atoms with Crippen molar-refractivity contribution in [1.29, 1.82) is 0 Å². The molecule has 1 aromatic rings. The first-order chi connectivity index (χ1) is 8.27. The van der Waals surface area contributed by atoms with Crippen molar-refractivity contribution in [3.8, 4) is 0 Å². The van der Waals surface area contributed by atoms with E-state index in [0.29, 0.717) is 6.54 Å². The summed E-state index contributed by atoms with van der Waals surface area (Å²) in [6, 6.07) is 5.88. The molecule has 0 unspecified atom stereocenters. The average molecular weight is 268 g/mol. The average Bonchev–Trinajstić information content (AvgIpc) is 2.25. The Morgan fingerprint density at radius 3 is 2.61 bits per heavy atom. The van der Waals surface area contributed by atoms with Gasteiger partial charge in [0.2, 0.25) is 10.0 Å². The molecular weight excluding hydrogens is 248 g/mol. The first-order valence-electron chi connectivity index (χ1n) is 6.13. The van der Waals surface area contributed by atoms with Crippen LogP contribution in [0.1, 0.15) is 26.3 Å². The molecule has 1 heterocycles. The van der Waals surface area contributed by atoms with E-state index in [0.717, 1.165) is 23.4 Å². The van der Waals surface area contributed by atoms with Gasteiger partial charge in [-0.25, -0.2) is 8.42 Å². The molecule has 1 N–H and O–H groups in total. The van der Waals surface area contributed by atoms with Gasteiger partial charge in [-0.15, -0.1) is 0 Å². The van der Waals surface area contributed by atoms with E-state index in [4.69, 9.17) is 0 Å². The SMILES string of the molecule is CCc1cccc2c1N(S(C)(=O)=O)C(C)(C)CN2. The summed E-state index contributed by atoms with van der Waals surface area (Å²) in [5.74, 6) is 0. The topological polar surface area (TPSA) is 49.4 Å². The Labute approximate surface area is 109 Å². The van der Waals surface area contributed by atoms with E-state index in [9.17, 15) is 8.42 Å². The normalized spacial score (nSPS) is 18.1. The predicted molar refractivity (Wildman–Crippen MR) is 75.7 cm³/mol. The molecule has 1 aliphatic rings. The first kappa shape index (κ1) is 13.2. The molecule has 1 aromatic carbocycles. The quantitative estimate of drug-likeness (QED) is 0.894. The molecule has 0 atom stereocenters. The Morgan fingerprint density at radius 1 is 1.39 bits per heavy atom. The van der Waals surface area contributed by atoms with Crippen LogP contribution in [0.3, 0.4) is 0 Å². The minimum atomic E-state index is -3.29. The van der Waals surface area contributed by atoms with E-state index in [2.05, 4.69) is 5.32 Å². The molecule has 18 heavy (non-hydrogen) atoms. The zero-order valence-electron chi connectivity index (χ0n) is 11.3. The third-order valence-corrected chi connectivity index (χ3v) is 4.64. The monoisotopic (exact) mass is 268 g/mol. The summed E-state index contributed by atoms with van der Waals surface area (Å²) in [7, 11) is -3.29. The van der Waals surface area contributed by atoms with E-state index in [-0.39, 0.29) is 0 Å². The largest absolute Gasteiger partial charge is 0.381 e. The molecule has 100 valence electrons. The van der Waals surface area contributed by atoms with E-state index in [1.54, 1.807) is 4.31 Å². The molecule has 0 bridgehead atoms. The molecule has 0 radical (unpaired) electrons. The second kappa shape index (κ2) is 4.16. The van der Waals surface area contributed by atoms with E-state index >= 15 is 0 Å². The van der Waals surface area contributed by atoms with Gasteiger partial charge >= 0.3 is 0 Å². The molecule has 0 amide bonds. The highest BCUT2D eigenvalue weighted by atomic mass is 32.2. The molecule has 0 saturated heterocycles. The molecule has 4 nitrogen and oxygen atoms in total. The van der Waals surface area contributed by atoms with Gasteiger partial charge in [0.15, 0.2) is 0 Å². The lowest BCUT2D eigenvalue weighted by atomic mass is 9.98. The van der Waals surface area contributed by atoms with Crippen LogP contribution in [0.15, 0.2) is 18.2 Å². The third-order valence-electron chi connectivity index (χ3n) is 3.30. The summed E-state index contributed by atoms with van der Waals surface area (Å²) in [6.07, 6.45) is 2.09. The van der Waals surface area contributed by atoms with Crippen LogP contribution in [0, 0.1) is 0 Å². The van der Waals surface area contributed by atoms with Crippen LogP contribution < -0.4 is 9.62 Å². The summed E-state index contributed by atoms with van der Waals surface area (Å²) in [5.41, 5.74) is 2.31. The number of para-hydroxylation sites is 1. The zero-order chi connectivity index (χ0) is 13.6. The Bertz CT molecular complexity index is 550. The molecule has 0 spiro atoms. The van der Waals surface area contributed by atoms with Gasteiger partial charge in [-0.2, -0.15) is 0 Å². The van der Waals surface area contributed by atoms with Gasteiger partial charge in [0.05, 0.1) is 23.2 Å². The number of hydrogen-bond donors (Lipinski definition) is 1. The van der Waals surface area contributed by atoms with Gasteiger partial charge in [-0.1, -0.05) is 19.1 Å². The standard InChI is InChI=1S/C13H20N2O2S/c1-5-10-7-6-8-11-12(10)15(18(4,16)17)13(2,3)9-14-11/h6-8,14H,5,9H2,1-4H3. The number of nitrogens with one attached hydrogen (secondary N) is 1. The lowest BCUT2D eigenvalue weighted by Crippen LogP contribution is -2.54. The van der Waals surface area contributed by atoms with Gasteiger partial charge in [-0.05, 0) is 31.9 Å². The molecule has 0 saturated carbocycles. The molecule has 5 heteroatoms. The van der Waals surface area contributed by atoms with Gasteiger partial charge in [-0.3, -0.25) is 4.31 Å². The summed E-state index contributed by atoms with van der Waals surface area (Å²) in [6.45, 7) is 6.53. The molecule has 0 aromatic heterocycles. The van der Waals surface area contributed by atoms with Crippen molar-refractivity contribution in [2.45, 2.75) is 32.7 Å². The van der Waals surface area contributed by atoms with Crippen molar-refractivity contribution in [2.75, 3.05) is 22.4 Å². The van der Waals surface area contributed by atoms with Crippen LogP contribution in [0.4, 0.5) is 11.4 Å². The maximum Gasteiger partial charge on any atom is 0.232 e. The summed E-state index contributed by atoms with van der Waals surface area (Å²) >= 11 is 0. The lowest BCUT2D eigenvalue weighted by molar-refractivity contribution is 0.513. The van der Waals surface area contributed by atoms with Crippen molar-refractivity contribution >= 4 is 21.4 Å². The summed E-state index contributed by atoms with van der Waals surface area (Å²) in [4.78, 5) is 0. The van der Waals surface area contributed by atoms with Crippen molar-refractivity contribution in [2.24, 2.45) is 0 Å². The lowest BCUT2D eigenvalue weighted by Gasteiger charge is -2.44. The molecular formula is C13H20N2O2S. The van der Waals surface area contributed by atoms with Gasteiger partial charge in [0.25, 0.3) is 0 Å². The van der Waals surface area contributed by atoms with Crippen molar-refractivity contribution < 1.29 is 8.42 Å². The number of benzene rings is 1. The number of aryl methyl sites for hydroxylation is 1. The Hall–Kier alpha value is -1.23. The van der Waals surface area contributed by atoms with E-state index in [1.165, 1.54) is 6.26 Å². The number of rotatable bonds is 2. The third kappa shape index (κ3) is 2.07. The number of nitrogens with zero attached hydrogens (tertiary/aromatic N) is 1. The predicted octanol–water partition coefficient (Wildman–Crippen LogP) is 2.22. The number of sulfonamides is 1. The maximum absolute atomic E-state index is 12.1. The van der Waals surface area contributed by atoms with E-state index < -0.39 is 15.6 Å². The van der Waals surface area contributed by atoms with Crippen molar-refractivity contribution in [3.63, 3.8) is 0 Å². The Kier molecular flexibility index (Phi) is 3.05. The zero-order valence-corrected chi connectivity index (χ0v) is 12.1. The van der Waals surface area contributed by atoms with Crippen molar-refractivity contribution in [3.05, 3.63) is 23.8 Å². The number of fused-ring (bicyclic) bond motifs is 1. The second-order valence-electron chi connectivity index (χ2n) is 5.36. The van der Waals surface area contributed by atoms with E-state index in [1.807, 2.05) is 39.0 Å². The smallest absolute Gasteiger partial charge is 0.232 e. The fourth-order valence-electron chi connectivity index (χ4n) is 2.56. The minimum absolute atomic E-state index is 0.453. The van der Waals surface area contributed by atoms with Crippen LogP contribution in [0.25, 0.3) is 0 Å². The fourth-order valence-corrected chi connectivity index (χ4v) is 4.07. The fraction of sp³-hybridized carbons (Fsp3) is 0.538. The Balaban J connectivity index is 2.72. The highest BCUT2D eigenvalue weighted by Gasteiger charge is 2.39. The maximum atomic E-state index is 12.1. The van der Waals surface area contributed by atoms with Crippen LogP contribution in [0.2, 0.25) is 0 Å². The molecule has 2 rings (SSSR count). The van der Waals surface area contributed by atoms with Crippen LogP contribution in [0.5, 0.6) is 0 Å². The number of anilines is 2. The van der Waals surface area contributed by atoms with Crippen LogP contribution >= 0.6 is 0 Å². The first-order valence-corrected chi connectivity index (χ1v) is 7.98. The highest BCUT2D eigenvalue weighted by molar-refractivity contribution is 7.92. The molecule has 0 aliphatic carbocycles. The highest BCUT2D eigenvalue weighted by Crippen LogP contribution is 2.40. The van der Waals surface area contributed by atoms with Gasteiger partial charge in [0.1, 0.15) is 0 Å².